The number of aryl methyl sites for hydroxylation is 1. The van der Waals surface area contributed by atoms with Gasteiger partial charge in [0, 0.05) is 23.5 Å². The molecule has 0 atom stereocenters. The van der Waals surface area contributed by atoms with Crippen molar-refractivity contribution < 1.29 is 14.3 Å². The molecule has 0 aliphatic carbocycles. The first-order valence-electron chi connectivity index (χ1n) is 10.5. The Balaban J connectivity index is 1.48. The average Bonchev–Trinajstić information content (AvgIpc) is 2.80. The highest BCUT2D eigenvalue weighted by Gasteiger charge is 2.24. The maximum Gasteiger partial charge on any atom is 0.323 e. The number of anilines is 3. The first-order chi connectivity index (χ1) is 15.2. The monoisotopic (exact) mass is 415 g/mol. The van der Waals surface area contributed by atoms with Gasteiger partial charge in [-0.15, -0.1) is 0 Å². The predicted octanol–water partition coefficient (Wildman–Crippen LogP) is 5.32. The summed E-state index contributed by atoms with van der Waals surface area (Å²) in [7, 11) is 0. The lowest BCUT2D eigenvalue weighted by Gasteiger charge is -2.30. The Morgan fingerprint density at radius 1 is 0.968 bits per heavy atom. The van der Waals surface area contributed by atoms with E-state index in [1.54, 1.807) is 6.07 Å². The van der Waals surface area contributed by atoms with E-state index in [9.17, 15) is 9.59 Å². The zero-order valence-electron chi connectivity index (χ0n) is 17.4. The lowest BCUT2D eigenvalue weighted by atomic mass is 10.00. The average molecular weight is 415 g/mol. The number of nitrogens with one attached hydrogen (secondary N) is 2. The highest BCUT2D eigenvalue weighted by molar-refractivity contribution is 6.07. The van der Waals surface area contributed by atoms with Crippen LogP contribution in [0.2, 0.25) is 0 Å². The first kappa shape index (κ1) is 20.5. The maximum absolute atomic E-state index is 12.9. The molecule has 6 heteroatoms. The molecule has 3 amide bonds. The molecule has 0 radical (unpaired) electrons. The zero-order valence-corrected chi connectivity index (χ0v) is 17.4. The number of amides is 3. The van der Waals surface area contributed by atoms with Crippen LogP contribution in [0.5, 0.6) is 5.75 Å². The van der Waals surface area contributed by atoms with Crippen LogP contribution in [-0.2, 0) is 6.42 Å². The second kappa shape index (κ2) is 9.34. The molecule has 158 valence electrons. The highest BCUT2D eigenvalue weighted by Crippen LogP contribution is 2.31. The molecule has 6 nitrogen and oxygen atoms in total. The Labute approximate surface area is 181 Å². The van der Waals surface area contributed by atoms with Crippen molar-refractivity contribution in [3.8, 4) is 5.75 Å². The molecule has 1 aliphatic heterocycles. The molecule has 4 rings (SSSR count). The predicted molar refractivity (Wildman–Crippen MR) is 123 cm³/mol. The number of urea groups is 1. The Bertz CT molecular complexity index is 1080. The number of carbonyl (C=O) groups excluding carboxylic acids is 2. The van der Waals surface area contributed by atoms with Crippen LogP contribution in [0.25, 0.3) is 0 Å². The number of carbonyl (C=O) groups is 2. The molecule has 0 fully saturated rings. The van der Waals surface area contributed by atoms with Crippen molar-refractivity contribution in [3.05, 3.63) is 83.9 Å². The van der Waals surface area contributed by atoms with Gasteiger partial charge in [0.1, 0.15) is 5.75 Å². The lowest BCUT2D eigenvalue weighted by molar-refractivity contribution is 0.0985. The Kier molecular flexibility index (Phi) is 6.17. The van der Waals surface area contributed by atoms with Crippen molar-refractivity contribution in [2.24, 2.45) is 0 Å². The number of ether oxygens (including phenoxy) is 1. The van der Waals surface area contributed by atoms with Crippen LogP contribution in [-0.4, -0.2) is 25.1 Å². The van der Waals surface area contributed by atoms with Crippen molar-refractivity contribution >= 4 is 29.0 Å². The van der Waals surface area contributed by atoms with Crippen LogP contribution in [0.1, 0.15) is 29.3 Å². The summed E-state index contributed by atoms with van der Waals surface area (Å²) in [6, 6.07) is 21.9. The molecule has 0 aromatic heterocycles. The normalized spacial score (nSPS) is 12.6. The van der Waals surface area contributed by atoms with Gasteiger partial charge >= 0.3 is 6.03 Å². The fraction of sp³-hybridized carbons (Fsp3) is 0.200. The Morgan fingerprint density at radius 2 is 1.74 bits per heavy atom. The summed E-state index contributed by atoms with van der Waals surface area (Å²) < 4.78 is 5.55. The van der Waals surface area contributed by atoms with E-state index in [2.05, 4.69) is 10.6 Å². The maximum atomic E-state index is 12.9. The number of para-hydroxylation sites is 2. The molecule has 3 aromatic rings. The van der Waals surface area contributed by atoms with Gasteiger partial charge in [-0.2, -0.15) is 0 Å². The minimum absolute atomic E-state index is 0.00691. The third kappa shape index (κ3) is 4.69. The van der Waals surface area contributed by atoms with Crippen LogP contribution < -0.4 is 20.3 Å². The molecule has 0 spiro atoms. The summed E-state index contributed by atoms with van der Waals surface area (Å²) in [5.74, 6) is 0.619. The minimum atomic E-state index is -0.347. The van der Waals surface area contributed by atoms with Gasteiger partial charge in [-0.25, -0.2) is 4.79 Å². The van der Waals surface area contributed by atoms with Crippen LogP contribution >= 0.6 is 0 Å². The number of fused-ring (bicyclic) bond motifs is 1. The third-order valence-corrected chi connectivity index (χ3v) is 5.16. The lowest BCUT2D eigenvalue weighted by Crippen LogP contribution is -2.35. The standard InChI is InChI=1S/C25H25N3O3/c1-2-31-23-13-7-6-12-21(23)27-25(30)26-20-14-15-22-19(17-20)11-8-16-28(22)24(29)18-9-4-3-5-10-18/h3-7,9-10,12-15,17H,2,8,11,16H2,1H3,(H2,26,27,30). The largest absolute Gasteiger partial charge is 0.492 e. The second-order valence-electron chi connectivity index (χ2n) is 7.28. The van der Waals surface area contributed by atoms with Crippen molar-refractivity contribution in [2.75, 3.05) is 28.7 Å². The number of hydrogen-bond acceptors (Lipinski definition) is 3. The van der Waals surface area contributed by atoms with Crippen molar-refractivity contribution in [1.29, 1.82) is 0 Å². The molecule has 1 heterocycles. The second-order valence-corrected chi connectivity index (χ2v) is 7.28. The summed E-state index contributed by atoms with van der Waals surface area (Å²) in [4.78, 5) is 27.3. The zero-order chi connectivity index (χ0) is 21.6. The van der Waals surface area contributed by atoms with Crippen LogP contribution in [0.4, 0.5) is 21.9 Å². The van der Waals surface area contributed by atoms with E-state index in [0.29, 0.717) is 35.8 Å². The van der Waals surface area contributed by atoms with E-state index in [1.165, 1.54) is 0 Å². The molecule has 0 saturated heterocycles. The van der Waals surface area contributed by atoms with E-state index in [-0.39, 0.29) is 11.9 Å². The minimum Gasteiger partial charge on any atom is -0.492 e. The van der Waals surface area contributed by atoms with Crippen molar-refractivity contribution in [2.45, 2.75) is 19.8 Å². The molecule has 0 saturated carbocycles. The summed E-state index contributed by atoms with van der Waals surface area (Å²) in [5, 5.41) is 5.71. The smallest absolute Gasteiger partial charge is 0.323 e. The van der Waals surface area contributed by atoms with Gasteiger partial charge in [-0.1, -0.05) is 30.3 Å². The summed E-state index contributed by atoms with van der Waals surface area (Å²) in [6.07, 6.45) is 1.74. The first-order valence-corrected chi connectivity index (χ1v) is 10.5. The van der Waals surface area contributed by atoms with Gasteiger partial charge in [0.25, 0.3) is 5.91 Å². The van der Waals surface area contributed by atoms with Gasteiger partial charge in [0.15, 0.2) is 0 Å². The van der Waals surface area contributed by atoms with Crippen molar-refractivity contribution in [1.82, 2.24) is 0 Å². The van der Waals surface area contributed by atoms with Crippen LogP contribution in [0.15, 0.2) is 72.8 Å². The van der Waals surface area contributed by atoms with Gasteiger partial charge < -0.3 is 20.3 Å². The van der Waals surface area contributed by atoms with Gasteiger partial charge in [-0.3, -0.25) is 4.79 Å². The topological polar surface area (TPSA) is 70.7 Å². The van der Waals surface area contributed by atoms with E-state index in [0.717, 1.165) is 24.1 Å². The quantitative estimate of drug-likeness (QED) is 0.592. The fourth-order valence-corrected chi connectivity index (χ4v) is 3.76. The number of rotatable bonds is 5. The third-order valence-electron chi connectivity index (χ3n) is 5.16. The van der Waals surface area contributed by atoms with E-state index in [4.69, 9.17) is 4.74 Å². The van der Waals surface area contributed by atoms with E-state index >= 15 is 0 Å². The SMILES string of the molecule is CCOc1ccccc1NC(=O)Nc1ccc2c(c1)CCCN2C(=O)c1ccccc1. The van der Waals surface area contributed by atoms with Crippen LogP contribution in [0, 0.1) is 0 Å². The summed E-state index contributed by atoms with van der Waals surface area (Å²) in [5.41, 5.74) is 3.90. The van der Waals surface area contributed by atoms with Crippen LogP contribution in [0.3, 0.4) is 0 Å². The molecule has 0 unspecified atom stereocenters. The number of hydrogen-bond donors (Lipinski definition) is 2. The summed E-state index contributed by atoms with van der Waals surface area (Å²) >= 11 is 0. The fourth-order valence-electron chi connectivity index (χ4n) is 3.76. The molecule has 3 aromatic carbocycles. The molecule has 31 heavy (non-hydrogen) atoms. The molecular formula is C25H25N3O3. The number of benzene rings is 3. The highest BCUT2D eigenvalue weighted by atomic mass is 16.5. The Morgan fingerprint density at radius 3 is 2.55 bits per heavy atom. The molecular weight excluding hydrogens is 390 g/mol. The van der Waals surface area contributed by atoms with Crippen molar-refractivity contribution in [3.63, 3.8) is 0 Å². The molecule has 2 N–H and O–H groups in total. The molecule has 0 bridgehead atoms. The summed E-state index contributed by atoms with van der Waals surface area (Å²) in [6.45, 7) is 3.10. The van der Waals surface area contributed by atoms with E-state index in [1.807, 2.05) is 78.6 Å². The van der Waals surface area contributed by atoms with Gasteiger partial charge in [0.2, 0.25) is 0 Å². The Hall–Kier alpha value is -3.80. The number of nitrogens with zero attached hydrogens (tertiary/aromatic N) is 1. The molecule has 1 aliphatic rings. The van der Waals surface area contributed by atoms with Gasteiger partial charge in [0.05, 0.1) is 12.3 Å². The van der Waals surface area contributed by atoms with E-state index < -0.39 is 0 Å². The van der Waals surface area contributed by atoms with Gasteiger partial charge in [-0.05, 0) is 67.8 Å².